The molecule has 0 aliphatic rings. The molecule has 0 rings (SSSR count). The summed E-state index contributed by atoms with van der Waals surface area (Å²) in [6.45, 7) is 4.41. The van der Waals surface area contributed by atoms with Crippen molar-refractivity contribution in [2.45, 2.75) is 148 Å². The second-order valence-corrected chi connectivity index (χ2v) is 9.64. The summed E-state index contributed by atoms with van der Waals surface area (Å²) in [5.41, 5.74) is 0. The van der Waals surface area contributed by atoms with Crippen LogP contribution in [0.1, 0.15) is 148 Å². The molecular weight excluding hydrogens is 396 g/mol. The van der Waals surface area contributed by atoms with E-state index in [0.717, 1.165) is 13.0 Å². The van der Waals surface area contributed by atoms with Crippen molar-refractivity contribution in [1.82, 2.24) is 10.6 Å². The van der Waals surface area contributed by atoms with E-state index in [4.69, 9.17) is 5.11 Å². The summed E-state index contributed by atoms with van der Waals surface area (Å²) >= 11 is 0. The zero-order chi connectivity index (χ0) is 23.4. The number of hydrogen-bond donors (Lipinski definition) is 3. The fourth-order valence-electron chi connectivity index (χ4n) is 4.30. The van der Waals surface area contributed by atoms with Crippen molar-refractivity contribution < 1.29 is 9.90 Å². The van der Waals surface area contributed by atoms with Crippen LogP contribution in [-0.2, 0) is 4.79 Å². The molecule has 4 nitrogen and oxygen atoms in total. The molecule has 0 heterocycles. The van der Waals surface area contributed by atoms with Crippen molar-refractivity contribution in [2.24, 2.45) is 0 Å². The van der Waals surface area contributed by atoms with E-state index in [2.05, 4.69) is 17.6 Å². The Morgan fingerprint density at radius 2 is 0.906 bits per heavy atom. The molecular formula is C28H58N2O2. The lowest BCUT2D eigenvalue weighted by atomic mass is 10.0. The van der Waals surface area contributed by atoms with Crippen LogP contribution in [0.25, 0.3) is 0 Å². The highest BCUT2D eigenvalue weighted by Gasteiger charge is 2.00. The van der Waals surface area contributed by atoms with Gasteiger partial charge in [-0.25, -0.2) is 0 Å². The van der Waals surface area contributed by atoms with Crippen LogP contribution < -0.4 is 10.6 Å². The van der Waals surface area contributed by atoms with Crippen LogP contribution in [0.5, 0.6) is 0 Å². The largest absolute Gasteiger partial charge is 0.395 e. The Morgan fingerprint density at radius 1 is 0.531 bits per heavy atom. The van der Waals surface area contributed by atoms with E-state index in [1.54, 1.807) is 0 Å². The van der Waals surface area contributed by atoms with Crippen molar-refractivity contribution in [2.75, 3.05) is 26.2 Å². The highest BCUT2D eigenvalue weighted by atomic mass is 16.3. The summed E-state index contributed by atoms with van der Waals surface area (Å²) in [7, 11) is 0. The molecule has 0 aromatic rings. The van der Waals surface area contributed by atoms with Crippen LogP contribution in [0.2, 0.25) is 0 Å². The van der Waals surface area contributed by atoms with Gasteiger partial charge in [0.15, 0.2) is 0 Å². The van der Waals surface area contributed by atoms with E-state index in [9.17, 15) is 4.79 Å². The van der Waals surface area contributed by atoms with E-state index in [1.807, 2.05) is 0 Å². The molecule has 192 valence electrons. The van der Waals surface area contributed by atoms with Crippen LogP contribution in [0.15, 0.2) is 0 Å². The third-order valence-electron chi connectivity index (χ3n) is 6.42. The summed E-state index contributed by atoms with van der Waals surface area (Å²) < 4.78 is 0. The first-order valence-corrected chi connectivity index (χ1v) is 14.4. The molecule has 0 bridgehead atoms. The number of nitrogens with one attached hydrogen (secondary N) is 2. The van der Waals surface area contributed by atoms with Gasteiger partial charge in [0.05, 0.1) is 6.61 Å². The molecule has 0 spiro atoms. The second kappa shape index (κ2) is 28.4. The van der Waals surface area contributed by atoms with Gasteiger partial charge in [0.1, 0.15) is 0 Å². The third-order valence-corrected chi connectivity index (χ3v) is 6.42. The van der Waals surface area contributed by atoms with Gasteiger partial charge >= 0.3 is 0 Å². The topological polar surface area (TPSA) is 61.4 Å². The number of amides is 1. The summed E-state index contributed by atoms with van der Waals surface area (Å²) in [5, 5.41) is 14.6. The summed E-state index contributed by atoms with van der Waals surface area (Å²) in [6.07, 6.45) is 29.8. The predicted octanol–water partition coefficient (Wildman–Crippen LogP) is 7.29. The Balaban J connectivity index is 3.08. The molecule has 0 aliphatic carbocycles. The monoisotopic (exact) mass is 454 g/mol. The molecule has 0 fully saturated rings. The van der Waals surface area contributed by atoms with E-state index < -0.39 is 0 Å². The number of aliphatic hydroxyl groups is 1. The highest BCUT2D eigenvalue weighted by molar-refractivity contribution is 5.75. The molecule has 0 atom stereocenters. The van der Waals surface area contributed by atoms with Crippen molar-refractivity contribution >= 4 is 5.91 Å². The maximum absolute atomic E-state index is 11.7. The van der Waals surface area contributed by atoms with Gasteiger partial charge in [0, 0.05) is 26.1 Å². The van der Waals surface area contributed by atoms with Gasteiger partial charge in [-0.2, -0.15) is 0 Å². The predicted molar refractivity (Wildman–Crippen MR) is 140 cm³/mol. The lowest BCUT2D eigenvalue weighted by molar-refractivity contribution is -0.121. The van der Waals surface area contributed by atoms with Crippen molar-refractivity contribution in [3.8, 4) is 0 Å². The number of aliphatic hydroxyl groups excluding tert-OH is 1. The summed E-state index contributed by atoms with van der Waals surface area (Å²) in [4.78, 5) is 11.7. The first-order valence-electron chi connectivity index (χ1n) is 14.4. The number of hydrogen-bond acceptors (Lipinski definition) is 3. The molecule has 0 radical (unpaired) electrons. The number of carbonyl (C=O) groups excluding carboxylic acids is 1. The maximum Gasteiger partial charge on any atom is 0.220 e. The Labute approximate surface area is 201 Å². The van der Waals surface area contributed by atoms with Crippen LogP contribution >= 0.6 is 0 Å². The van der Waals surface area contributed by atoms with Crippen molar-refractivity contribution in [3.63, 3.8) is 0 Å². The van der Waals surface area contributed by atoms with Gasteiger partial charge < -0.3 is 15.7 Å². The molecule has 0 saturated carbocycles. The molecule has 1 amide bonds. The lowest BCUT2D eigenvalue weighted by Crippen LogP contribution is -2.32. The zero-order valence-electron chi connectivity index (χ0n) is 21.7. The first-order chi connectivity index (χ1) is 15.8. The highest BCUT2D eigenvalue weighted by Crippen LogP contribution is 2.15. The summed E-state index contributed by atoms with van der Waals surface area (Å²) in [5.74, 6) is 0.161. The van der Waals surface area contributed by atoms with Gasteiger partial charge in [-0.3, -0.25) is 4.79 Å². The van der Waals surface area contributed by atoms with Crippen LogP contribution in [0.3, 0.4) is 0 Å². The Kier molecular flexibility index (Phi) is 27.9. The molecule has 32 heavy (non-hydrogen) atoms. The number of unbranched alkanes of at least 4 members (excludes halogenated alkanes) is 20. The normalized spacial score (nSPS) is 11.2. The first kappa shape index (κ1) is 31.4. The zero-order valence-corrected chi connectivity index (χ0v) is 21.7. The van der Waals surface area contributed by atoms with Crippen LogP contribution in [-0.4, -0.2) is 37.3 Å². The average Bonchev–Trinajstić information content (AvgIpc) is 2.80. The van der Waals surface area contributed by atoms with E-state index >= 15 is 0 Å². The van der Waals surface area contributed by atoms with Crippen LogP contribution in [0.4, 0.5) is 0 Å². The molecule has 4 heteroatoms. The molecule has 0 aromatic carbocycles. The van der Waals surface area contributed by atoms with Gasteiger partial charge in [0.2, 0.25) is 5.91 Å². The molecule has 0 unspecified atom stereocenters. The van der Waals surface area contributed by atoms with E-state index in [-0.39, 0.29) is 12.5 Å². The van der Waals surface area contributed by atoms with E-state index in [1.165, 1.54) is 128 Å². The molecule has 3 N–H and O–H groups in total. The molecule has 0 aromatic heterocycles. The number of carbonyl (C=O) groups is 1. The third kappa shape index (κ3) is 27.4. The fourth-order valence-corrected chi connectivity index (χ4v) is 4.30. The quantitative estimate of drug-likeness (QED) is 0.114. The standard InChI is InChI=1S/C28H58N2O2/c1-2-3-4-5-6-7-8-9-10-11-12-13-14-15-16-17-18-19-20-21-22-23-28(32)30-25-24-29-26-27-31/h29,31H,2-27H2,1H3,(H,30,32). The van der Waals surface area contributed by atoms with Gasteiger partial charge in [-0.05, 0) is 6.42 Å². The van der Waals surface area contributed by atoms with Crippen molar-refractivity contribution in [3.05, 3.63) is 0 Å². The lowest BCUT2D eigenvalue weighted by Gasteiger charge is -2.06. The van der Waals surface area contributed by atoms with Gasteiger partial charge in [-0.15, -0.1) is 0 Å². The minimum absolute atomic E-state index is 0.146. The Bertz CT molecular complexity index is 363. The fraction of sp³-hybridized carbons (Fsp3) is 0.964. The minimum Gasteiger partial charge on any atom is -0.395 e. The molecule has 0 aliphatic heterocycles. The van der Waals surface area contributed by atoms with E-state index in [0.29, 0.717) is 19.5 Å². The molecule has 0 saturated heterocycles. The Hall–Kier alpha value is -0.610. The minimum atomic E-state index is 0.146. The van der Waals surface area contributed by atoms with Crippen LogP contribution in [0, 0.1) is 0 Å². The van der Waals surface area contributed by atoms with Crippen molar-refractivity contribution in [1.29, 1.82) is 0 Å². The maximum atomic E-state index is 11.7. The van der Waals surface area contributed by atoms with Gasteiger partial charge in [0.25, 0.3) is 0 Å². The SMILES string of the molecule is CCCCCCCCCCCCCCCCCCCCCCCC(=O)NCCNCCO. The Morgan fingerprint density at radius 3 is 1.28 bits per heavy atom. The number of rotatable bonds is 27. The van der Waals surface area contributed by atoms with Gasteiger partial charge in [-0.1, -0.05) is 135 Å². The summed E-state index contributed by atoms with van der Waals surface area (Å²) in [6, 6.07) is 0. The average molecular weight is 455 g/mol. The second-order valence-electron chi connectivity index (χ2n) is 9.64. The smallest absolute Gasteiger partial charge is 0.220 e.